The van der Waals surface area contributed by atoms with Crippen molar-refractivity contribution in [1.82, 2.24) is 0 Å². The highest BCUT2D eigenvalue weighted by Crippen LogP contribution is 2.38. The zero-order valence-electron chi connectivity index (χ0n) is 22.5. The lowest BCUT2D eigenvalue weighted by Gasteiger charge is -2.26. The van der Waals surface area contributed by atoms with Crippen LogP contribution in [0.3, 0.4) is 0 Å². The summed E-state index contributed by atoms with van der Waals surface area (Å²) in [5.41, 5.74) is 15.6. The van der Waals surface area contributed by atoms with E-state index in [2.05, 4.69) is 104 Å². The van der Waals surface area contributed by atoms with Crippen LogP contribution in [-0.2, 0) is 12.8 Å². The fourth-order valence-electron chi connectivity index (χ4n) is 2.87. The Kier molecular flexibility index (Phi) is 26.1. The molecule has 1 unspecified atom stereocenters. The van der Waals surface area contributed by atoms with Gasteiger partial charge < -0.3 is 11.5 Å². The molecule has 0 aromatic heterocycles. The monoisotopic (exact) mass is 548 g/mol. The van der Waals surface area contributed by atoms with Crippen LogP contribution in [0.1, 0.15) is 59.1 Å². The average Bonchev–Trinajstić information content (AvgIpc) is 2.89. The van der Waals surface area contributed by atoms with Gasteiger partial charge in [0.25, 0.3) is 0 Å². The number of aryl methyl sites for hydroxylation is 1. The molecule has 204 valence electrons. The number of thioether (sulfide) groups is 3. The molecule has 5 heteroatoms. The first kappa shape index (κ1) is 39.1. The van der Waals surface area contributed by atoms with E-state index in [4.69, 9.17) is 11.5 Å². The Bertz CT molecular complexity index is 791. The fourth-order valence-corrected chi connectivity index (χ4v) is 5.86. The smallest absolute Gasteiger partial charge is 0.0438 e. The first-order chi connectivity index (χ1) is 16.7. The topological polar surface area (TPSA) is 52.0 Å². The lowest BCUT2D eigenvalue weighted by Crippen LogP contribution is -2.36. The third-order valence-corrected chi connectivity index (χ3v) is 9.32. The number of rotatable bonds is 15. The SMILES string of the molecule is C.C=C.C=C.C=C(CS/C(=C\C)SCC(=C)S/C(=C\C)C(C)(N)CC)Cc1ccc(CCCN)cc1. The van der Waals surface area contributed by atoms with Gasteiger partial charge in [-0.05, 0) is 69.0 Å². The van der Waals surface area contributed by atoms with Crippen LogP contribution in [0.5, 0.6) is 0 Å². The molecule has 0 aliphatic carbocycles. The van der Waals surface area contributed by atoms with Crippen molar-refractivity contribution >= 4 is 35.3 Å². The highest BCUT2D eigenvalue weighted by atomic mass is 32.2. The fraction of sp³-hybridized carbons (Fsp3) is 0.419. The molecular weight excluding hydrogens is 497 g/mol. The molecule has 0 saturated heterocycles. The summed E-state index contributed by atoms with van der Waals surface area (Å²) in [5.74, 6) is 1.81. The normalized spacial score (nSPS) is 12.6. The van der Waals surface area contributed by atoms with Crippen LogP contribution in [-0.4, -0.2) is 23.6 Å². The Morgan fingerprint density at radius 1 is 0.944 bits per heavy atom. The second-order valence-corrected chi connectivity index (χ2v) is 11.4. The molecule has 1 atom stereocenters. The van der Waals surface area contributed by atoms with E-state index in [1.165, 1.54) is 25.8 Å². The van der Waals surface area contributed by atoms with Gasteiger partial charge in [0.05, 0.1) is 0 Å². The summed E-state index contributed by atoms with van der Waals surface area (Å²) in [4.78, 5) is 2.33. The number of hydrogen-bond acceptors (Lipinski definition) is 5. The van der Waals surface area contributed by atoms with Crippen molar-refractivity contribution in [3.8, 4) is 0 Å². The minimum absolute atomic E-state index is 0. The van der Waals surface area contributed by atoms with E-state index in [0.29, 0.717) is 0 Å². The van der Waals surface area contributed by atoms with Crippen molar-refractivity contribution in [3.05, 3.63) is 107 Å². The Hall–Kier alpha value is -1.37. The molecule has 0 spiro atoms. The number of benzene rings is 1. The maximum absolute atomic E-state index is 6.41. The van der Waals surface area contributed by atoms with Crippen molar-refractivity contribution in [2.75, 3.05) is 18.1 Å². The third kappa shape index (κ3) is 17.1. The summed E-state index contributed by atoms with van der Waals surface area (Å²) in [5, 5.41) is 0. The van der Waals surface area contributed by atoms with Crippen LogP contribution in [0.2, 0.25) is 0 Å². The Balaban J connectivity index is -0.00000207. The van der Waals surface area contributed by atoms with Crippen molar-refractivity contribution < 1.29 is 0 Å². The van der Waals surface area contributed by atoms with Gasteiger partial charge in [0.1, 0.15) is 0 Å². The summed E-state index contributed by atoms with van der Waals surface area (Å²) in [6.07, 6.45) is 8.22. The van der Waals surface area contributed by atoms with Crippen molar-refractivity contribution in [2.45, 2.75) is 66.3 Å². The van der Waals surface area contributed by atoms with Crippen LogP contribution in [0.4, 0.5) is 0 Å². The average molecular weight is 549 g/mol. The molecule has 36 heavy (non-hydrogen) atoms. The molecule has 0 bridgehead atoms. The second kappa shape index (κ2) is 24.0. The van der Waals surface area contributed by atoms with Crippen molar-refractivity contribution in [3.63, 3.8) is 0 Å². The Labute approximate surface area is 236 Å². The highest BCUT2D eigenvalue weighted by molar-refractivity contribution is 8.22. The van der Waals surface area contributed by atoms with Gasteiger partial charge in [-0.15, -0.1) is 49.8 Å². The molecule has 0 amide bonds. The maximum Gasteiger partial charge on any atom is 0.0438 e. The molecule has 2 nitrogen and oxygen atoms in total. The molecular formula is C31H52N2S3. The van der Waals surface area contributed by atoms with Gasteiger partial charge in [-0.3, -0.25) is 0 Å². The Morgan fingerprint density at radius 3 is 1.94 bits per heavy atom. The van der Waals surface area contributed by atoms with E-state index in [0.717, 1.165) is 48.6 Å². The number of hydrogen-bond donors (Lipinski definition) is 2. The van der Waals surface area contributed by atoms with Gasteiger partial charge in [0.2, 0.25) is 0 Å². The standard InChI is InChI=1S/C26H40N2S3.2C2H4.CH4/c1-7-24(26(6,28)9-3)31-21(5)19-30-25(8-2)29-18-20(4)17-23-14-12-22(13-15-23)11-10-16-27;2*1-2;/h7-8,12-15H,4-5,9-11,16-19,27-28H2,1-3,6H3;2*1-2H2;1H4/b24-7-,25-8+;;;. The zero-order valence-corrected chi connectivity index (χ0v) is 25.0. The Morgan fingerprint density at radius 2 is 1.47 bits per heavy atom. The van der Waals surface area contributed by atoms with E-state index in [1.54, 1.807) is 11.8 Å². The largest absolute Gasteiger partial charge is 0.330 e. The lowest BCUT2D eigenvalue weighted by molar-refractivity contribution is 0.554. The molecule has 4 N–H and O–H groups in total. The lowest BCUT2D eigenvalue weighted by atomic mass is 10.00. The molecule has 1 aromatic carbocycles. The minimum atomic E-state index is -0.286. The van der Waals surface area contributed by atoms with Gasteiger partial charge in [-0.2, -0.15) is 0 Å². The van der Waals surface area contributed by atoms with Crippen LogP contribution in [0.25, 0.3) is 0 Å². The summed E-state index contributed by atoms with van der Waals surface area (Å²) >= 11 is 5.42. The summed E-state index contributed by atoms with van der Waals surface area (Å²) < 4.78 is 1.31. The van der Waals surface area contributed by atoms with Crippen LogP contribution in [0, 0.1) is 0 Å². The summed E-state index contributed by atoms with van der Waals surface area (Å²) in [6.45, 7) is 29.7. The van der Waals surface area contributed by atoms with Gasteiger partial charge in [0, 0.05) is 26.2 Å². The van der Waals surface area contributed by atoms with E-state index in [9.17, 15) is 0 Å². The quantitative estimate of drug-likeness (QED) is 0.214. The van der Waals surface area contributed by atoms with E-state index in [-0.39, 0.29) is 13.0 Å². The third-order valence-electron chi connectivity index (χ3n) is 4.99. The minimum Gasteiger partial charge on any atom is -0.330 e. The zero-order chi connectivity index (χ0) is 27.3. The highest BCUT2D eigenvalue weighted by Gasteiger charge is 2.22. The summed E-state index contributed by atoms with van der Waals surface area (Å²) in [6, 6.07) is 8.86. The molecule has 0 saturated carbocycles. The summed E-state index contributed by atoms with van der Waals surface area (Å²) in [7, 11) is 0. The van der Waals surface area contributed by atoms with Crippen LogP contribution < -0.4 is 11.5 Å². The van der Waals surface area contributed by atoms with Crippen molar-refractivity contribution in [2.24, 2.45) is 11.5 Å². The predicted molar refractivity (Wildman–Crippen MR) is 178 cm³/mol. The molecule has 0 radical (unpaired) electrons. The van der Waals surface area contributed by atoms with Gasteiger partial charge in [-0.25, -0.2) is 0 Å². The predicted octanol–water partition coefficient (Wildman–Crippen LogP) is 9.52. The van der Waals surface area contributed by atoms with Gasteiger partial charge in [-0.1, -0.05) is 81.3 Å². The van der Waals surface area contributed by atoms with Gasteiger partial charge in [0.15, 0.2) is 0 Å². The molecule has 0 aliphatic rings. The van der Waals surface area contributed by atoms with Crippen LogP contribution >= 0.6 is 35.3 Å². The molecule has 0 aliphatic heterocycles. The molecule has 1 aromatic rings. The van der Waals surface area contributed by atoms with E-state index in [1.807, 2.05) is 23.5 Å². The second-order valence-electron chi connectivity index (χ2n) is 7.89. The van der Waals surface area contributed by atoms with Crippen molar-refractivity contribution in [1.29, 1.82) is 0 Å². The van der Waals surface area contributed by atoms with Gasteiger partial charge >= 0.3 is 0 Å². The van der Waals surface area contributed by atoms with E-state index >= 15 is 0 Å². The first-order valence-electron chi connectivity index (χ1n) is 11.9. The number of nitrogens with two attached hydrogens (primary N) is 2. The molecule has 0 heterocycles. The molecule has 0 fully saturated rings. The first-order valence-corrected chi connectivity index (χ1v) is 14.7. The molecule has 1 rings (SSSR count). The van der Waals surface area contributed by atoms with E-state index < -0.39 is 0 Å². The van der Waals surface area contributed by atoms with Crippen LogP contribution in [0.15, 0.2) is 95.5 Å². The number of allylic oxidation sites excluding steroid dienone is 2. The maximum atomic E-state index is 6.41.